The zero-order valence-corrected chi connectivity index (χ0v) is 19.4. The van der Waals surface area contributed by atoms with Crippen molar-refractivity contribution in [3.8, 4) is 0 Å². The van der Waals surface area contributed by atoms with Crippen molar-refractivity contribution in [1.82, 2.24) is 20.1 Å². The van der Waals surface area contributed by atoms with Crippen LogP contribution in [-0.2, 0) is 25.5 Å². The molecule has 0 aliphatic carbocycles. The molecule has 180 valence electrons. The van der Waals surface area contributed by atoms with E-state index in [1.54, 1.807) is 0 Å². The molecule has 1 spiro atoms. The fraction of sp³-hybridized carbons (Fsp3) is 0.538. The van der Waals surface area contributed by atoms with Crippen molar-refractivity contribution < 1.29 is 19.1 Å². The average molecular weight is 465 g/mol. The number of aromatic amines is 1. The highest BCUT2D eigenvalue weighted by Gasteiger charge is 2.66. The van der Waals surface area contributed by atoms with Gasteiger partial charge in [0.05, 0.1) is 37.7 Å². The van der Waals surface area contributed by atoms with Gasteiger partial charge in [-0.05, 0) is 31.0 Å². The van der Waals surface area contributed by atoms with E-state index in [9.17, 15) is 9.59 Å². The summed E-state index contributed by atoms with van der Waals surface area (Å²) in [4.78, 5) is 34.1. The minimum atomic E-state index is -0.655. The molecular weight excluding hydrogens is 432 g/mol. The van der Waals surface area contributed by atoms with Crippen LogP contribution in [0.25, 0.3) is 10.9 Å². The number of hydrogen-bond donors (Lipinski definition) is 2. The van der Waals surface area contributed by atoms with Crippen molar-refractivity contribution in [2.45, 2.75) is 24.5 Å². The lowest BCUT2D eigenvalue weighted by molar-refractivity contribution is -0.137. The molecule has 2 N–H and O–H groups in total. The summed E-state index contributed by atoms with van der Waals surface area (Å²) in [5, 5.41) is 4.28. The lowest BCUT2D eigenvalue weighted by atomic mass is 9.77. The molecule has 3 fully saturated rings. The van der Waals surface area contributed by atoms with Crippen LogP contribution in [0.2, 0.25) is 0 Å². The SMILES string of the molecule is O=C(NCCCN1CCOCC1)[C@@H]1[C@H]2C(=O)N(CCc3c[nH]c4ccccc34)C[C@@]23C=C[C@H]1O3. The molecule has 0 radical (unpaired) electrons. The smallest absolute Gasteiger partial charge is 0.230 e. The Labute approximate surface area is 199 Å². The van der Waals surface area contributed by atoms with Crippen LogP contribution in [0.3, 0.4) is 0 Å². The Balaban J connectivity index is 1.07. The van der Waals surface area contributed by atoms with Gasteiger partial charge in [0, 0.05) is 43.3 Å². The van der Waals surface area contributed by atoms with Crippen molar-refractivity contribution in [2.75, 3.05) is 52.5 Å². The quantitative estimate of drug-likeness (QED) is 0.455. The van der Waals surface area contributed by atoms with Gasteiger partial charge in [0.2, 0.25) is 11.8 Å². The highest BCUT2D eigenvalue weighted by atomic mass is 16.5. The van der Waals surface area contributed by atoms with Crippen LogP contribution < -0.4 is 5.32 Å². The van der Waals surface area contributed by atoms with Crippen LogP contribution in [0.5, 0.6) is 0 Å². The molecule has 6 rings (SSSR count). The molecule has 1 aromatic carbocycles. The molecular formula is C26H32N4O4. The molecule has 5 heterocycles. The zero-order chi connectivity index (χ0) is 23.1. The monoisotopic (exact) mass is 464 g/mol. The van der Waals surface area contributed by atoms with Crippen LogP contribution in [-0.4, -0.2) is 90.8 Å². The summed E-state index contributed by atoms with van der Waals surface area (Å²) in [6.07, 6.45) is 7.38. The number of morpholine rings is 1. The largest absolute Gasteiger partial charge is 0.379 e. The Hall–Kier alpha value is -2.68. The van der Waals surface area contributed by atoms with Gasteiger partial charge >= 0.3 is 0 Å². The first-order valence-corrected chi connectivity index (χ1v) is 12.4. The van der Waals surface area contributed by atoms with Gasteiger partial charge < -0.3 is 24.7 Å². The fourth-order valence-electron chi connectivity index (χ4n) is 6.12. The van der Waals surface area contributed by atoms with Gasteiger partial charge in [-0.2, -0.15) is 0 Å². The molecule has 4 atom stereocenters. The number of carbonyl (C=O) groups is 2. The van der Waals surface area contributed by atoms with E-state index < -0.39 is 17.4 Å². The number of fused-ring (bicyclic) bond motifs is 2. The Morgan fingerprint density at radius 3 is 2.94 bits per heavy atom. The third kappa shape index (κ3) is 3.74. The number of para-hydroxylation sites is 1. The summed E-state index contributed by atoms with van der Waals surface area (Å²) in [6.45, 7) is 6.16. The van der Waals surface area contributed by atoms with Crippen molar-refractivity contribution in [3.63, 3.8) is 0 Å². The first kappa shape index (κ1) is 21.8. The number of carbonyl (C=O) groups excluding carboxylic acids is 2. The van der Waals surface area contributed by atoms with Gasteiger partial charge in [-0.25, -0.2) is 0 Å². The van der Waals surface area contributed by atoms with Gasteiger partial charge in [-0.3, -0.25) is 14.5 Å². The minimum absolute atomic E-state index is 0.0418. The van der Waals surface area contributed by atoms with Crippen molar-refractivity contribution >= 4 is 22.7 Å². The van der Waals surface area contributed by atoms with Crippen molar-refractivity contribution in [3.05, 3.63) is 48.2 Å². The van der Waals surface area contributed by atoms with Gasteiger partial charge in [0.1, 0.15) is 5.60 Å². The van der Waals surface area contributed by atoms with Crippen LogP contribution in [0.15, 0.2) is 42.6 Å². The number of rotatable bonds is 8. The lowest BCUT2D eigenvalue weighted by Gasteiger charge is -2.27. The number of hydrogen-bond acceptors (Lipinski definition) is 5. The summed E-state index contributed by atoms with van der Waals surface area (Å²) in [7, 11) is 0. The van der Waals surface area contributed by atoms with Crippen molar-refractivity contribution in [2.24, 2.45) is 11.8 Å². The number of H-pyrrole nitrogens is 1. The third-order valence-electron chi connectivity index (χ3n) is 7.86. The number of likely N-dealkylation sites (tertiary alicyclic amines) is 1. The molecule has 4 aliphatic rings. The molecule has 34 heavy (non-hydrogen) atoms. The number of aromatic nitrogens is 1. The van der Waals surface area contributed by atoms with Crippen LogP contribution in [0.4, 0.5) is 0 Å². The molecule has 0 unspecified atom stereocenters. The standard InChI is InChI=1S/C26H32N4O4/c31-24(27-9-3-10-29-12-14-33-15-13-29)22-21-6-8-26(34-21)17-30(25(32)23(22)26)11-7-18-16-28-20-5-2-1-4-19(18)20/h1-2,4-6,8,16,21-23,28H,3,7,9-15,17H2,(H,27,31)/t21-,22+,23+,26+/m1/s1. The van der Waals surface area contributed by atoms with E-state index in [1.165, 1.54) is 10.9 Å². The van der Waals surface area contributed by atoms with E-state index in [4.69, 9.17) is 9.47 Å². The number of nitrogens with one attached hydrogen (secondary N) is 2. The second kappa shape index (κ2) is 8.83. The zero-order valence-electron chi connectivity index (χ0n) is 19.4. The predicted octanol–water partition coefficient (Wildman–Crippen LogP) is 1.33. The average Bonchev–Trinajstić information content (AvgIpc) is 3.61. The summed E-state index contributed by atoms with van der Waals surface area (Å²) < 4.78 is 11.7. The maximum atomic E-state index is 13.5. The Morgan fingerprint density at radius 2 is 2.06 bits per heavy atom. The summed E-state index contributed by atoms with van der Waals surface area (Å²) in [6, 6.07) is 8.21. The van der Waals surface area contributed by atoms with E-state index in [-0.39, 0.29) is 17.9 Å². The highest BCUT2D eigenvalue weighted by Crippen LogP contribution is 2.51. The highest BCUT2D eigenvalue weighted by molar-refractivity contribution is 5.93. The van der Waals surface area contributed by atoms with E-state index in [2.05, 4.69) is 27.3 Å². The molecule has 2 amide bonds. The maximum absolute atomic E-state index is 13.5. The number of ether oxygens (including phenoxy) is 2. The molecule has 2 bridgehead atoms. The summed E-state index contributed by atoms with van der Waals surface area (Å²) in [5.74, 6) is -0.890. The molecule has 3 saturated heterocycles. The first-order valence-electron chi connectivity index (χ1n) is 12.4. The number of nitrogens with zero attached hydrogens (tertiary/aromatic N) is 2. The number of benzene rings is 1. The molecule has 8 nitrogen and oxygen atoms in total. The fourth-order valence-corrected chi connectivity index (χ4v) is 6.12. The van der Waals surface area contributed by atoms with Gasteiger partial charge in [-0.1, -0.05) is 30.4 Å². The van der Waals surface area contributed by atoms with Gasteiger partial charge in [0.15, 0.2) is 0 Å². The third-order valence-corrected chi connectivity index (χ3v) is 7.86. The second-order valence-electron chi connectivity index (χ2n) is 9.87. The molecule has 0 saturated carbocycles. The normalized spacial score (nSPS) is 30.4. The van der Waals surface area contributed by atoms with Crippen LogP contribution in [0, 0.1) is 11.8 Å². The van der Waals surface area contributed by atoms with Crippen LogP contribution in [0.1, 0.15) is 12.0 Å². The number of amides is 2. The van der Waals surface area contributed by atoms with E-state index in [1.807, 2.05) is 35.4 Å². The molecule has 2 aromatic rings. The lowest BCUT2D eigenvalue weighted by Crippen LogP contribution is -2.45. The Bertz CT molecular complexity index is 1110. The first-order chi connectivity index (χ1) is 16.6. The van der Waals surface area contributed by atoms with E-state index in [0.29, 0.717) is 19.6 Å². The Kier molecular flexibility index (Phi) is 5.67. The Morgan fingerprint density at radius 1 is 1.21 bits per heavy atom. The van der Waals surface area contributed by atoms with E-state index >= 15 is 0 Å². The topological polar surface area (TPSA) is 86.9 Å². The predicted molar refractivity (Wildman–Crippen MR) is 127 cm³/mol. The second-order valence-corrected chi connectivity index (χ2v) is 9.87. The molecule has 4 aliphatic heterocycles. The molecule has 8 heteroatoms. The van der Waals surface area contributed by atoms with Crippen molar-refractivity contribution in [1.29, 1.82) is 0 Å². The maximum Gasteiger partial charge on any atom is 0.230 e. The van der Waals surface area contributed by atoms with E-state index in [0.717, 1.165) is 51.2 Å². The summed E-state index contributed by atoms with van der Waals surface area (Å²) in [5.41, 5.74) is 1.65. The van der Waals surface area contributed by atoms with Gasteiger partial charge in [0.25, 0.3) is 0 Å². The molecule has 1 aromatic heterocycles. The van der Waals surface area contributed by atoms with Crippen LogP contribution >= 0.6 is 0 Å². The van der Waals surface area contributed by atoms with Gasteiger partial charge in [-0.15, -0.1) is 0 Å². The summed E-state index contributed by atoms with van der Waals surface area (Å²) >= 11 is 0. The minimum Gasteiger partial charge on any atom is -0.379 e.